The van der Waals surface area contributed by atoms with Crippen LogP contribution >= 0.6 is 0 Å². The Bertz CT molecular complexity index is 624. The molecule has 2 amide bonds. The van der Waals surface area contributed by atoms with E-state index in [1.165, 1.54) is 0 Å². The van der Waals surface area contributed by atoms with E-state index in [1.54, 1.807) is 0 Å². The topological polar surface area (TPSA) is 251 Å². The van der Waals surface area contributed by atoms with Gasteiger partial charge >= 0.3 is 23.9 Å². The van der Waals surface area contributed by atoms with E-state index in [0.717, 1.165) is 0 Å². The van der Waals surface area contributed by atoms with Gasteiger partial charge in [-0.1, -0.05) is 0 Å². The summed E-state index contributed by atoms with van der Waals surface area (Å²) in [4.78, 5) is 67.6. The summed E-state index contributed by atoms with van der Waals surface area (Å²) in [5, 5.41) is 0. The van der Waals surface area contributed by atoms with Crippen LogP contribution in [0.15, 0.2) is 0 Å². The highest BCUT2D eigenvalue weighted by Gasteiger charge is 2.25. The fourth-order valence-corrected chi connectivity index (χ4v) is 1.71. The van der Waals surface area contributed by atoms with Crippen molar-refractivity contribution in [3.8, 4) is 0 Å². The number of rotatable bonds is 12. The highest BCUT2D eigenvalue weighted by Crippen LogP contribution is 2.04. The largest absolute Gasteiger partial charge is 0.392 e. The van der Waals surface area contributed by atoms with Crippen LogP contribution in [0.1, 0.15) is 38.5 Å². The number of hydrogen-bond acceptors (Lipinski definition) is 11. The minimum Gasteiger partial charge on any atom is -0.392 e. The van der Waals surface area contributed by atoms with Crippen LogP contribution in [0.25, 0.3) is 0 Å². The Kier molecular flexibility index (Phi) is 11.2. The number of esters is 4. The monoisotopic (exact) mass is 403 g/mol. The molecule has 0 aliphatic carbocycles. The summed E-state index contributed by atoms with van der Waals surface area (Å²) in [5.41, 5.74) is 26.2. The van der Waals surface area contributed by atoms with Gasteiger partial charge in [0, 0.05) is 19.3 Å². The summed E-state index contributed by atoms with van der Waals surface area (Å²) in [6.07, 6.45) is -1.25. The first kappa shape index (κ1) is 25.1. The van der Waals surface area contributed by atoms with Crippen LogP contribution in [0.2, 0.25) is 0 Å². The van der Waals surface area contributed by atoms with Crippen molar-refractivity contribution >= 4 is 35.7 Å². The van der Waals surface area contributed by atoms with Crippen LogP contribution in [0.3, 0.4) is 0 Å². The molecule has 0 spiro atoms. The van der Waals surface area contributed by atoms with Crippen molar-refractivity contribution in [2.24, 2.45) is 28.7 Å². The van der Waals surface area contributed by atoms with Crippen molar-refractivity contribution in [3.05, 3.63) is 0 Å². The number of hydrogen-bond donors (Lipinski definition) is 5. The molecule has 13 nitrogen and oxygen atoms in total. The number of amides is 2. The molecule has 0 rings (SSSR count). The molecular formula is C15H25N5O8. The maximum absolute atomic E-state index is 11.7. The number of primary amides is 2. The van der Waals surface area contributed by atoms with Gasteiger partial charge in [0.25, 0.3) is 0 Å². The van der Waals surface area contributed by atoms with Gasteiger partial charge in [-0.3, -0.25) is 14.4 Å². The molecule has 3 atom stereocenters. The van der Waals surface area contributed by atoms with Crippen molar-refractivity contribution in [2.75, 3.05) is 0 Å². The minimum absolute atomic E-state index is 0.0919. The van der Waals surface area contributed by atoms with E-state index >= 15 is 0 Å². The first-order chi connectivity index (χ1) is 12.9. The van der Waals surface area contributed by atoms with E-state index < -0.39 is 60.2 Å². The lowest BCUT2D eigenvalue weighted by molar-refractivity contribution is -0.161. The van der Waals surface area contributed by atoms with E-state index in [4.69, 9.17) is 28.7 Å². The highest BCUT2D eigenvalue weighted by atomic mass is 16.6. The zero-order valence-electron chi connectivity index (χ0n) is 15.1. The first-order valence-corrected chi connectivity index (χ1v) is 8.27. The molecule has 0 heterocycles. The lowest BCUT2D eigenvalue weighted by Gasteiger charge is -2.13. The van der Waals surface area contributed by atoms with Gasteiger partial charge in [0.05, 0.1) is 0 Å². The van der Waals surface area contributed by atoms with Crippen LogP contribution in [0.5, 0.6) is 0 Å². The predicted octanol–water partition coefficient (Wildman–Crippen LogP) is -3.58. The second kappa shape index (κ2) is 12.5. The average molecular weight is 403 g/mol. The van der Waals surface area contributed by atoms with Crippen molar-refractivity contribution in [2.45, 2.75) is 56.7 Å². The molecule has 0 fully saturated rings. The SMILES string of the molecule is NC(=O)CC[C@H](N)C(=O)OC(=O)CC[C@H](N)C(=O)OC(=O)[C@@H](N)CCC(N)=O. The van der Waals surface area contributed by atoms with E-state index in [-0.39, 0.29) is 32.1 Å². The Morgan fingerprint density at radius 2 is 0.893 bits per heavy atom. The van der Waals surface area contributed by atoms with Crippen molar-refractivity contribution in [1.82, 2.24) is 0 Å². The van der Waals surface area contributed by atoms with Crippen molar-refractivity contribution in [3.63, 3.8) is 0 Å². The molecule has 13 heteroatoms. The summed E-state index contributed by atoms with van der Waals surface area (Å²) in [5.74, 6) is -5.64. The number of carbonyl (C=O) groups is 6. The van der Waals surface area contributed by atoms with Gasteiger partial charge < -0.3 is 38.1 Å². The zero-order valence-corrected chi connectivity index (χ0v) is 15.1. The smallest absolute Gasteiger partial charge is 0.330 e. The Balaban J connectivity index is 4.28. The van der Waals surface area contributed by atoms with Crippen LogP contribution in [-0.4, -0.2) is 53.8 Å². The van der Waals surface area contributed by atoms with E-state index in [1.807, 2.05) is 0 Å². The molecule has 28 heavy (non-hydrogen) atoms. The third kappa shape index (κ3) is 10.9. The van der Waals surface area contributed by atoms with Crippen molar-refractivity contribution < 1.29 is 38.2 Å². The molecule has 0 unspecified atom stereocenters. The second-order valence-corrected chi connectivity index (χ2v) is 5.90. The molecule has 0 aliphatic rings. The Labute approximate surface area is 160 Å². The van der Waals surface area contributed by atoms with Gasteiger partial charge in [-0.05, 0) is 19.3 Å². The predicted molar refractivity (Wildman–Crippen MR) is 92.2 cm³/mol. The molecule has 0 aromatic heterocycles. The lowest BCUT2D eigenvalue weighted by Crippen LogP contribution is -2.40. The highest BCUT2D eigenvalue weighted by molar-refractivity contribution is 5.92. The number of ether oxygens (including phenoxy) is 2. The Hall–Kier alpha value is -2.90. The van der Waals surface area contributed by atoms with Gasteiger partial charge in [-0.15, -0.1) is 0 Å². The zero-order chi connectivity index (χ0) is 21.9. The molecule has 158 valence electrons. The Morgan fingerprint density at radius 3 is 1.25 bits per heavy atom. The molecule has 0 saturated heterocycles. The molecular weight excluding hydrogens is 378 g/mol. The molecule has 0 radical (unpaired) electrons. The maximum Gasteiger partial charge on any atom is 0.330 e. The van der Waals surface area contributed by atoms with Gasteiger partial charge in [0.2, 0.25) is 11.8 Å². The fraction of sp³-hybridized carbons (Fsp3) is 0.600. The van der Waals surface area contributed by atoms with Gasteiger partial charge in [-0.25, -0.2) is 14.4 Å². The van der Waals surface area contributed by atoms with E-state index in [0.29, 0.717) is 0 Å². The molecule has 0 saturated carbocycles. The van der Waals surface area contributed by atoms with Crippen LogP contribution in [-0.2, 0) is 38.2 Å². The van der Waals surface area contributed by atoms with Crippen LogP contribution < -0.4 is 28.7 Å². The first-order valence-electron chi connectivity index (χ1n) is 8.27. The number of carbonyl (C=O) groups excluding carboxylic acids is 6. The minimum atomic E-state index is -1.36. The van der Waals surface area contributed by atoms with Crippen LogP contribution in [0, 0.1) is 0 Å². The summed E-state index contributed by atoms with van der Waals surface area (Å²) in [6.45, 7) is 0. The molecule has 0 aliphatic heterocycles. The van der Waals surface area contributed by atoms with E-state index in [9.17, 15) is 28.8 Å². The van der Waals surface area contributed by atoms with Gasteiger partial charge in [-0.2, -0.15) is 0 Å². The van der Waals surface area contributed by atoms with Gasteiger partial charge in [0.1, 0.15) is 18.1 Å². The standard InChI is InChI=1S/C15H25N5O8/c16-7(1-4-10(19)21)13(24)27-12(23)6-3-9(18)15(26)28-14(25)8(17)2-5-11(20)22/h7-9H,1-6,16-18H2,(H2,19,21)(H2,20,22)/t7-,8-,9-/m0/s1. The normalized spacial score (nSPS) is 13.7. The molecule has 0 bridgehead atoms. The summed E-state index contributed by atoms with van der Waals surface area (Å²) < 4.78 is 8.90. The average Bonchev–Trinajstić information content (AvgIpc) is 2.61. The molecule has 10 N–H and O–H groups in total. The Morgan fingerprint density at radius 1 is 0.571 bits per heavy atom. The second-order valence-electron chi connectivity index (χ2n) is 5.90. The summed E-state index contributed by atoms with van der Waals surface area (Å²) in [6, 6.07) is -3.82. The van der Waals surface area contributed by atoms with Crippen molar-refractivity contribution in [1.29, 1.82) is 0 Å². The van der Waals surface area contributed by atoms with Crippen LogP contribution in [0.4, 0.5) is 0 Å². The maximum atomic E-state index is 11.7. The van der Waals surface area contributed by atoms with Gasteiger partial charge in [0.15, 0.2) is 0 Å². The number of nitrogens with two attached hydrogens (primary N) is 5. The van der Waals surface area contributed by atoms with E-state index in [2.05, 4.69) is 9.47 Å². The summed E-state index contributed by atoms with van der Waals surface area (Å²) in [7, 11) is 0. The quantitative estimate of drug-likeness (QED) is 0.157. The lowest BCUT2D eigenvalue weighted by atomic mass is 10.1. The third-order valence-corrected chi connectivity index (χ3v) is 3.39. The fourth-order valence-electron chi connectivity index (χ4n) is 1.71. The molecule has 0 aromatic rings. The summed E-state index contributed by atoms with van der Waals surface area (Å²) >= 11 is 0. The third-order valence-electron chi connectivity index (χ3n) is 3.39. The molecule has 0 aromatic carbocycles.